The number of carboxylic acid groups (broad SMARTS) is 2. The van der Waals surface area contributed by atoms with Crippen LogP contribution in [0.3, 0.4) is 0 Å². The minimum atomic E-state index is -1.34. The van der Waals surface area contributed by atoms with Crippen molar-refractivity contribution in [3.05, 3.63) is 0 Å². The van der Waals surface area contributed by atoms with Crippen LogP contribution in [0.25, 0.3) is 0 Å². The highest BCUT2D eigenvalue weighted by Gasteiger charge is 2.23. The molecule has 0 aliphatic heterocycles. The van der Waals surface area contributed by atoms with E-state index < -0.39 is 42.4 Å². The van der Waals surface area contributed by atoms with E-state index in [0.29, 0.717) is 6.42 Å². The molecule has 9 nitrogen and oxygen atoms in total. The van der Waals surface area contributed by atoms with Crippen LogP contribution in [0.4, 0.5) is 0 Å². The molecular weight excluding hydrogens is 294 g/mol. The van der Waals surface area contributed by atoms with E-state index in [1.165, 1.54) is 0 Å². The molecule has 2 amide bonds. The van der Waals surface area contributed by atoms with Crippen LogP contribution < -0.4 is 16.4 Å². The third-order valence-corrected chi connectivity index (χ3v) is 3.26. The summed E-state index contributed by atoms with van der Waals surface area (Å²) in [5.41, 5.74) is 5.68. The van der Waals surface area contributed by atoms with Gasteiger partial charge in [-0.05, 0) is 12.3 Å². The van der Waals surface area contributed by atoms with E-state index in [-0.39, 0.29) is 18.8 Å². The summed E-state index contributed by atoms with van der Waals surface area (Å²) in [6.07, 6.45) is 0.0797. The molecule has 6 N–H and O–H groups in total. The van der Waals surface area contributed by atoms with Gasteiger partial charge in [-0.25, -0.2) is 4.79 Å². The number of rotatable bonds is 10. The molecular formula is C13H23N3O6. The highest BCUT2D eigenvalue weighted by atomic mass is 16.4. The Hall–Kier alpha value is -2.16. The third kappa shape index (κ3) is 7.58. The molecule has 0 bridgehead atoms. The Labute approximate surface area is 128 Å². The fourth-order valence-electron chi connectivity index (χ4n) is 1.57. The van der Waals surface area contributed by atoms with E-state index in [1.54, 1.807) is 6.92 Å². The SMILES string of the molecule is CCC(C)C(N)C(=O)NCC(=O)NC(CCC(=O)O)C(=O)O. The number of nitrogens with two attached hydrogens (primary N) is 1. The van der Waals surface area contributed by atoms with Crippen molar-refractivity contribution < 1.29 is 29.4 Å². The molecule has 0 aliphatic carbocycles. The van der Waals surface area contributed by atoms with Crippen molar-refractivity contribution in [2.75, 3.05) is 6.54 Å². The Kier molecular flexibility index (Phi) is 8.76. The van der Waals surface area contributed by atoms with Gasteiger partial charge in [-0.1, -0.05) is 20.3 Å². The first-order valence-electron chi connectivity index (χ1n) is 6.96. The lowest BCUT2D eigenvalue weighted by Gasteiger charge is -2.18. The number of nitrogens with one attached hydrogen (secondary N) is 2. The second kappa shape index (κ2) is 9.72. The summed E-state index contributed by atoms with van der Waals surface area (Å²) in [5.74, 6) is -3.76. The summed E-state index contributed by atoms with van der Waals surface area (Å²) in [5, 5.41) is 21.9. The van der Waals surface area contributed by atoms with E-state index in [2.05, 4.69) is 10.6 Å². The largest absolute Gasteiger partial charge is 0.481 e. The van der Waals surface area contributed by atoms with E-state index in [4.69, 9.17) is 15.9 Å². The summed E-state index contributed by atoms with van der Waals surface area (Å²) in [6, 6.07) is -2.07. The zero-order valence-corrected chi connectivity index (χ0v) is 12.7. The van der Waals surface area contributed by atoms with Crippen molar-refractivity contribution in [3.8, 4) is 0 Å². The van der Waals surface area contributed by atoms with Gasteiger partial charge in [0.25, 0.3) is 0 Å². The molecule has 0 rings (SSSR count). The molecule has 0 aromatic rings. The number of aliphatic carboxylic acids is 2. The van der Waals surface area contributed by atoms with Crippen molar-refractivity contribution in [1.29, 1.82) is 0 Å². The van der Waals surface area contributed by atoms with Gasteiger partial charge in [-0.3, -0.25) is 14.4 Å². The van der Waals surface area contributed by atoms with Gasteiger partial charge in [0.05, 0.1) is 12.6 Å². The summed E-state index contributed by atoms with van der Waals surface area (Å²) < 4.78 is 0. The zero-order chi connectivity index (χ0) is 17.3. The van der Waals surface area contributed by atoms with Crippen molar-refractivity contribution in [3.63, 3.8) is 0 Å². The average Bonchev–Trinajstić information content (AvgIpc) is 2.46. The minimum absolute atomic E-state index is 0.0506. The standard InChI is InChI=1S/C13H23N3O6/c1-3-7(2)11(14)12(20)15-6-9(17)16-8(13(21)22)4-5-10(18)19/h7-8,11H,3-6,14H2,1-2H3,(H,15,20)(H,16,17)(H,18,19)(H,21,22). The van der Waals surface area contributed by atoms with Crippen LogP contribution in [0, 0.1) is 5.92 Å². The number of hydrogen-bond acceptors (Lipinski definition) is 5. The Morgan fingerprint density at radius 1 is 1.18 bits per heavy atom. The van der Waals surface area contributed by atoms with Crippen LogP contribution in [0.1, 0.15) is 33.1 Å². The molecule has 0 saturated carbocycles. The highest BCUT2D eigenvalue weighted by Crippen LogP contribution is 2.04. The molecule has 0 aliphatic rings. The first-order chi connectivity index (χ1) is 10.2. The molecule has 3 atom stereocenters. The van der Waals surface area contributed by atoms with Crippen LogP contribution in [0.5, 0.6) is 0 Å². The first kappa shape index (κ1) is 19.8. The topological polar surface area (TPSA) is 159 Å². The van der Waals surface area contributed by atoms with Gasteiger partial charge in [0.2, 0.25) is 11.8 Å². The number of hydrogen-bond donors (Lipinski definition) is 5. The van der Waals surface area contributed by atoms with Gasteiger partial charge in [0.15, 0.2) is 0 Å². The Balaban J connectivity index is 4.32. The van der Waals surface area contributed by atoms with Crippen LogP contribution in [0.15, 0.2) is 0 Å². The second-order valence-corrected chi connectivity index (χ2v) is 5.02. The van der Waals surface area contributed by atoms with E-state index in [1.807, 2.05) is 6.92 Å². The van der Waals surface area contributed by atoms with Crippen molar-refractivity contribution in [2.24, 2.45) is 11.7 Å². The maximum Gasteiger partial charge on any atom is 0.326 e. The molecule has 0 fully saturated rings. The lowest BCUT2D eigenvalue weighted by Crippen LogP contribution is -2.50. The maximum atomic E-state index is 11.7. The van der Waals surface area contributed by atoms with E-state index >= 15 is 0 Å². The molecule has 0 aromatic carbocycles. The second-order valence-electron chi connectivity index (χ2n) is 5.02. The van der Waals surface area contributed by atoms with Crippen molar-refractivity contribution >= 4 is 23.8 Å². The number of amides is 2. The van der Waals surface area contributed by atoms with Crippen LogP contribution in [0.2, 0.25) is 0 Å². The molecule has 0 saturated heterocycles. The fraction of sp³-hybridized carbons (Fsp3) is 0.692. The lowest BCUT2D eigenvalue weighted by atomic mass is 9.99. The molecule has 9 heteroatoms. The van der Waals surface area contributed by atoms with Crippen molar-refractivity contribution in [2.45, 2.75) is 45.2 Å². The normalized spacial score (nSPS) is 14.5. The maximum absolute atomic E-state index is 11.7. The monoisotopic (exact) mass is 317 g/mol. The van der Waals surface area contributed by atoms with Gasteiger partial charge in [0.1, 0.15) is 6.04 Å². The van der Waals surface area contributed by atoms with Gasteiger partial charge in [-0.15, -0.1) is 0 Å². The van der Waals surface area contributed by atoms with Crippen LogP contribution >= 0.6 is 0 Å². The third-order valence-electron chi connectivity index (χ3n) is 3.26. The first-order valence-corrected chi connectivity index (χ1v) is 6.96. The number of carbonyl (C=O) groups is 4. The zero-order valence-electron chi connectivity index (χ0n) is 12.7. The highest BCUT2D eigenvalue weighted by molar-refractivity contribution is 5.89. The molecule has 3 unspecified atom stereocenters. The summed E-state index contributed by atoms with van der Waals surface area (Å²) >= 11 is 0. The number of carbonyl (C=O) groups excluding carboxylic acids is 2. The Bertz CT molecular complexity index is 426. The smallest absolute Gasteiger partial charge is 0.326 e. The average molecular weight is 317 g/mol. The number of carboxylic acids is 2. The predicted octanol–water partition coefficient (Wildman–Crippen LogP) is -1.09. The molecule has 0 spiro atoms. The fourth-order valence-corrected chi connectivity index (χ4v) is 1.57. The molecule has 0 aromatic heterocycles. The van der Waals surface area contributed by atoms with Gasteiger partial charge in [0, 0.05) is 6.42 Å². The van der Waals surface area contributed by atoms with Crippen LogP contribution in [-0.2, 0) is 19.2 Å². The van der Waals surface area contributed by atoms with Gasteiger partial charge in [-0.2, -0.15) is 0 Å². The molecule has 0 radical (unpaired) electrons. The Morgan fingerprint density at radius 2 is 1.77 bits per heavy atom. The van der Waals surface area contributed by atoms with Gasteiger partial charge < -0.3 is 26.6 Å². The predicted molar refractivity (Wildman–Crippen MR) is 76.9 cm³/mol. The molecule has 126 valence electrons. The minimum Gasteiger partial charge on any atom is -0.481 e. The molecule has 0 heterocycles. The Morgan fingerprint density at radius 3 is 2.23 bits per heavy atom. The van der Waals surface area contributed by atoms with E-state index in [9.17, 15) is 19.2 Å². The quantitative estimate of drug-likeness (QED) is 0.342. The summed E-state index contributed by atoms with van der Waals surface area (Å²) in [6.45, 7) is 3.26. The summed E-state index contributed by atoms with van der Waals surface area (Å²) in [7, 11) is 0. The van der Waals surface area contributed by atoms with E-state index in [0.717, 1.165) is 0 Å². The molecule has 22 heavy (non-hydrogen) atoms. The summed E-state index contributed by atoms with van der Waals surface area (Å²) in [4.78, 5) is 44.6. The van der Waals surface area contributed by atoms with Crippen molar-refractivity contribution in [1.82, 2.24) is 10.6 Å². The van der Waals surface area contributed by atoms with Gasteiger partial charge >= 0.3 is 11.9 Å². The van der Waals surface area contributed by atoms with Crippen LogP contribution in [-0.4, -0.2) is 52.6 Å². The lowest BCUT2D eigenvalue weighted by molar-refractivity contribution is -0.143.